The molecule has 10 nitrogen and oxygen atoms in total. The third-order valence-electron chi connectivity index (χ3n) is 6.60. The molecule has 1 fully saturated rings. The summed E-state index contributed by atoms with van der Waals surface area (Å²) in [5, 5.41) is 12.2. The first-order chi connectivity index (χ1) is 19.3. The van der Waals surface area contributed by atoms with Gasteiger partial charge in [0.1, 0.15) is 5.75 Å². The maximum Gasteiger partial charge on any atom is 0.335 e. The lowest BCUT2D eigenvalue weighted by Crippen LogP contribution is -2.45. The number of likely N-dealkylation sites (tertiary alicyclic amines) is 1. The Bertz CT molecular complexity index is 1530. The number of methoxy groups -OCH3 is 1. The molecule has 0 bridgehead atoms. The summed E-state index contributed by atoms with van der Waals surface area (Å²) in [6.07, 6.45) is 0.819. The van der Waals surface area contributed by atoms with E-state index in [2.05, 4.69) is 10.3 Å². The van der Waals surface area contributed by atoms with Gasteiger partial charge in [0.05, 0.1) is 12.7 Å². The minimum atomic E-state index is -1.06. The van der Waals surface area contributed by atoms with Gasteiger partial charge in [-0.1, -0.05) is 18.2 Å². The number of benzene rings is 3. The van der Waals surface area contributed by atoms with E-state index in [9.17, 15) is 9.59 Å². The highest BCUT2D eigenvalue weighted by Crippen LogP contribution is 2.37. The SMILES string of the molecule is COc1c(F)c(OCC(=O)C(Oc2ccc(C(=O)O)cc2)N2CCCC2)cc2oc(Nc3ccccc3C)nc12. The lowest BCUT2D eigenvalue weighted by molar-refractivity contribution is -0.135. The number of ether oxygens (including phenoxy) is 3. The summed E-state index contributed by atoms with van der Waals surface area (Å²) in [5.41, 5.74) is 2.23. The number of fused-ring (bicyclic) bond motifs is 1. The number of Topliss-reactive ketones (excluding diaryl/α,β-unsaturated/α-hetero) is 1. The van der Waals surface area contributed by atoms with Crippen LogP contribution in [0.5, 0.6) is 17.2 Å². The molecule has 1 aliphatic heterocycles. The Morgan fingerprint density at radius 2 is 1.88 bits per heavy atom. The van der Waals surface area contributed by atoms with Crippen molar-refractivity contribution in [2.24, 2.45) is 0 Å². The molecule has 1 aliphatic rings. The van der Waals surface area contributed by atoms with Gasteiger partial charge in [0.25, 0.3) is 6.01 Å². The van der Waals surface area contributed by atoms with E-state index in [1.54, 1.807) is 0 Å². The third kappa shape index (κ3) is 5.69. The molecule has 1 saturated heterocycles. The fourth-order valence-electron chi connectivity index (χ4n) is 4.51. The Morgan fingerprint density at radius 1 is 1.15 bits per heavy atom. The summed E-state index contributed by atoms with van der Waals surface area (Å²) < 4.78 is 38.0. The molecule has 1 unspecified atom stereocenters. The van der Waals surface area contributed by atoms with E-state index in [0.717, 1.165) is 24.1 Å². The maximum absolute atomic E-state index is 15.4. The molecule has 0 aliphatic carbocycles. The van der Waals surface area contributed by atoms with Crippen LogP contribution in [0.1, 0.15) is 28.8 Å². The number of hydrogen-bond donors (Lipinski definition) is 2. The van der Waals surface area contributed by atoms with E-state index < -0.39 is 30.4 Å². The molecule has 40 heavy (non-hydrogen) atoms. The normalized spacial score (nSPS) is 14.2. The number of carboxylic acids is 1. The Hall–Kier alpha value is -4.64. The number of ketones is 1. The zero-order valence-corrected chi connectivity index (χ0v) is 22.0. The van der Waals surface area contributed by atoms with Crippen molar-refractivity contribution in [1.29, 1.82) is 0 Å². The van der Waals surface area contributed by atoms with Crippen molar-refractivity contribution >= 4 is 34.6 Å². The first-order valence-corrected chi connectivity index (χ1v) is 12.7. The van der Waals surface area contributed by atoms with Gasteiger partial charge in [-0.25, -0.2) is 4.79 Å². The number of aryl methyl sites for hydroxylation is 1. The number of anilines is 2. The van der Waals surface area contributed by atoms with Gasteiger partial charge >= 0.3 is 5.97 Å². The van der Waals surface area contributed by atoms with Crippen LogP contribution < -0.4 is 19.5 Å². The number of nitrogens with zero attached hydrogens (tertiary/aromatic N) is 2. The summed E-state index contributed by atoms with van der Waals surface area (Å²) in [6.45, 7) is 2.74. The summed E-state index contributed by atoms with van der Waals surface area (Å²) in [7, 11) is 1.31. The van der Waals surface area contributed by atoms with Gasteiger partial charge in [-0.05, 0) is 55.7 Å². The van der Waals surface area contributed by atoms with Gasteiger partial charge in [-0.15, -0.1) is 0 Å². The van der Waals surface area contributed by atoms with Gasteiger partial charge < -0.3 is 29.1 Å². The van der Waals surface area contributed by atoms with Crippen LogP contribution in [0.4, 0.5) is 16.1 Å². The second kappa shape index (κ2) is 11.6. The van der Waals surface area contributed by atoms with E-state index in [0.29, 0.717) is 18.8 Å². The molecule has 5 rings (SSSR count). The van der Waals surface area contributed by atoms with E-state index >= 15 is 4.39 Å². The Labute approximate surface area is 229 Å². The predicted molar refractivity (Wildman–Crippen MR) is 144 cm³/mol. The molecule has 0 saturated carbocycles. The van der Waals surface area contributed by atoms with Crippen LogP contribution in [0.25, 0.3) is 11.1 Å². The number of para-hydroxylation sites is 1. The van der Waals surface area contributed by atoms with E-state index in [1.165, 1.54) is 37.4 Å². The van der Waals surface area contributed by atoms with Crippen LogP contribution >= 0.6 is 0 Å². The molecular weight excluding hydrogens is 521 g/mol. The summed E-state index contributed by atoms with van der Waals surface area (Å²) in [6, 6.07) is 14.8. The molecule has 0 radical (unpaired) electrons. The van der Waals surface area contributed by atoms with E-state index in [1.807, 2.05) is 36.1 Å². The standard InChI is InChI=1S/C29H28FN3O7/c1-17-7-3-4-8-20(17)31-29-32-25-23(40-29)15-22(24(30)26(25)37-2)38-16-21(34)27(33-13-5-6-14-33)39-19-11-9-18(10-12-19)28(35)36/h3-4,7-12,15,27H,5-6,13-14,16H2,1-2H3,(H,31,32)(H,35,36). The predicted octanol–water partition coefficient (Wildman–Crippen LogP) is 5.17. The van der Waals surface area contributed by atoms with Gasteiger partial charge in [0, 0.05) is 24.8 Å². The highest BCUT2D eigenvalue weighted by molar-refractivity contribution is 5.88. The highest BCUT2D eigenvalue weighted by Gasteiger charge is 2.31. The minimum absolute atomic E-state index is 0.101. The molecule has 0 amide bonds. The van der Waals surface area contributed by atoms with Crippen molar-refractivity contribution in [3.8, 4) is 17.2 Å². The quantitative estimate of drug-likeness (QED) is 0.259. The average Bonchev–Trinajstić information content (AvgIpc) is 3.62. The Morgan fingerprint density at radius 3 is 2.55 bits per heavy atom. The number of hydrogen-bond acceptors (Lipinski definition) is 9. The van der Waals surface area contributed by atoms with Gasteiger partial charge in [-0.3, -0.25) is 9.69 Å². The number of aromatic nitrogens is 1. The van der Waals surface area contributed by atoms with Gasteiger partial charge in [0.15, 0.2) is 29.2 Å². The van der Waals surface area contributed by atoms with Crippen LogP contribution in [-0.4, -0.2) is 59.8 Å². The summed E-state index contributed by atoms with van der Waals surface area (Å²) in [5.74, 6) is -2.38. The maximum atomic E-state index is 15.4. The van der Waals surface area contributed by atoms with Crippen molar-refractivity contribution in [3.63, 3.8) is 0 Å². The van der Waals surface area contributed by atoms with Crippen LogP contribution in [0, 0.1) is 12.7 Å². The lowest BCUT2D eigenvalue weighted by Gasteiger charge is -2.27. The Balaban J connectivity index is 1.35. The molecule has 2 heterocycles. The van der Waals surface area contributed by atoms with Crippen LogP contribution in [0.15, 0.2) is 59.0 Å². The molecule has 1 atom stereocenters. The van der Waals surface area contributed by atoms with Crippen LogP contribution in [-0.2, 0) is 4.79 Å². The van der Waals surface area contributed by atoms with Crippen molar-refractivity contribution in [2.75, 3.05) is 32.1 Å². The minimum Gasteiger partial charge on any atom is -0.491 e. The van der Waals surface area contributed by atoms with Crippen molar-refractivity contribution < 1.29 is 37.7 Å². The second-order valence-electron chi connectivity index (χ2n) is 9.33. The first-order valence-electron chi connectivity index (χ1n) is 12.7. The molecule has 3 aromatic carbocycles. The van der Waals surface area contributed by atoms with E-state index in [-0.39, 0.29) is 34.2 Å². The molecule has 0 spiro atoms. The number of carboxylic acid groups (broad SMARTS) is 1. The number of oxazole rings is 1. The van der Waals surface area contributed by atoms with Crippen molar-refractivity contribution in [3.05, 3.63) is 71.5 Å². The lowest BCUT2D eigenvalue weighted by atomic mass is 10.2. The smallest absolute Gasteiger partial charge is 0.335 e. The van der Waals surface area contributed by atoms with Crippen molar-refractivity contribution in [1.82, 2.24) is 9.88 Å². The monoisotopic (exact) mass is 549 g/mol. The summed E-state index contributed by atoms with van der Waals surface area (Å²) in [4.78, 5) is 30.6. The first kappa shape index (κ1) is 26.9. The Kier molecular flexibility index (Phi) is 7.83. The largest absolute Gasteiger partial charge is 0.491 e. The average molecular weight is 550 g/mol. The van der Waals surface area contributed by atoms with Crippen molar-refractivity contribution in [2.45, 2.75) is 26.0 Å². The molecule has 11 heteroatoms. The molecule has 208 valence electrons. The summed E-state index contributed by atoms with van der Waals surface area (Å²) >= 11 is 0. The fraction of sp³-hybridized carbons (Fsp3) is 0.276. The number of carbonyl (C=O) groups is 2. The second-order valence-corrected chi connectivity index (χ2v) is 9.33. The van der Waals surface area contributed by atoms with Crippen LogP contribution in [0.2, 0.25) is 0 Å². The number of halogens is 1. The van der Waals surface area contributed by atoms with Gasteiger partial charge in [-0.2, -0.15) is 9.37 Å². The zero-order chi connectivity index (χ0) is 28.2. The number of nitrogens with one attached hydrogen (secondary N) is 1. The topological polar surface area (TPSA) is 123 Å². The number of carbonyl (C=O) groups excluding carboxylic acids is 1. The van der Waals surface area contributed by atoms with Crippen LogP contribution in [0.3, 0.4) is 0 Å². The molecule has 2 N–H and O–H groups in total. The fourth-order valence-corrected chi connectivity index (χ4v) is 4.51. The molecule has 1 aromatic heterocycles. The van der Waals surface area contributed by atoms with E-state index in [4.69, 9.17) is 23.7 Å². The number of rotatable bonds is 11. The van der Waals surface area contributed by atoms with Gasteiger partial charge in [0.2, 0.25) is 17.8 Å². The third-order valence-corrected chi connectivity index (χ3v) is 6.60. The molecule has 4 aromatic rings. The number of aromatic carboxylic acids is 1. The highest BCUT2D eigenvalue weighted by atomic mass is 19.1. The zero-order valence-electron chi connectivity index (χ0n) is 22.0. The molecular formula is C29H28FN3O7.